The van der Waals surface area contributed by atoms with Crippen molar-refractivity contribution in [3.05, 3.63) is 45.7 Å². The smallest absolute Gasteiger partial charge is 0.274 e. The Morgan fingerprint density at radius 3 is 2.61 bits per heavy atom. The molecule has 1 aliphatic rings. The van der Waals surface area contributed by atoms with Gasteiger partial charge in [0.15, 0.2) is 5.76 Å². The highest BCUT2D eigenvalue weighted by molar-refractivity contribution is 5.92. The van der Waals surface area contributed by atoms with Crippen LogP contribution in [0.4, 0.5) is 0 Å². The molecular formula is C15H19N5O3. The fourth-order valence-corrected chi connectivity index (χ4v) is 2.60. The molecule has 0 spiro atoms. The van der Waals surface area contributed by atoms with Crippen molar-refractivity contribution in [2.45, 2.75) is 13.5 Å². The van der Waals surface area contributed by atoms with E-state index in [1.807, 2.05) is 13.0 Å². The Balaban J connectivity index is 1.58. The lowest BCUT2D eigenvalue weighted by molar-refractivity contribution is 0.0609. The third kappa shape index (κ3) is 3.48. The fourth-order valence-electron chi connectivity index (χ4n) is 2.60. The van der Waals surface area contributed by atoms with Crippen LogP contribution in [0.25, 0.3) is 0 Å². The quantitative estimate of drug-likeness (QED) is 0.794. The van der Waals surface area contributed by atoms with Crippen molar-refractivity contribution >= 4 is 5.91 Å². The van der Waals surface area contributed by atoms with Gasteiger partial charge in [-0.2, -0.15) is 5.10 Å². The average Bonchev–Trinajstić information content (AvgIpc) is 2.95. The lowest BCUT2D eigenvalue weighted by atomic mass is 10.2. The van der Waals surface area contributed by atoms with E-state index in [0.717, 1.165) is 24.5 Å². The van der Waals surface area contributed by atoms with Crippen LogP contribution in [0.3, 0.4) is 0 Å². The number of piperazine rings is 1. The van der Waals surface area contributed by atoms with E-state index in [4.69, 9.17) is 4.52 Å². The van der Waals surface area contributed by atoms with Crippen LogP contribution in [-0.2, 0) is 13.6 Å². The van der Waals surface area contributed by atoms with Gasteiger partial charge in [-0.15, -0.1) is 0 Å². The zero-order valence-corrected chi connectivity index (χ0v) is 13.2. The summed E-state index contributed by atoms with van der Waals surface area (Å²) < 4.78 is 6.40. The SMILES string of the molecule is Cc1cc(CN2CCN(C(=O)c3ccc(=O)n(C)n3)CC2)on1. The standard InChI is InChI=1S/C15H19N5O3/c1-11-9-12(23-17-11)10-19-5-7-20(8-6-19)15(22)13-3-4-14(21)18(2)16-13/h3-4,9H,5-8,10H2,1-2H3. The summed E-state index contributed by atoms with van der Waals surface area (Å²) in [5.74, 6) is 0.692. The third-order valence-electron chi connectivity index (χ3n) is 3.90. The number of nitrogens with zero attached hydrogens (tertiary/aromatic N) is 5. The van der Waals surface area contributed by atoms with Crippen molar-refractivity contribution < 1.29 is 9.32 Å². The molecule has 0 bridgehead atoms. The van der Waals surface area contributed by atoms with Gasteiger partial charge in [-0.25, -0.2) is 4.68 Å². The van der Waals surface area contributed by atoms with E-state index in [-0.39, 0.29) is 11.5 Å². The molecule has 8 heteroatoms. The monoisotopic (exact) mass is 317 g/mol. The minimum Gasteiger partial charge on any atom is -0.360 e. The molecular weight excluding hydrogens is 298 g/mol. The summed E-state index contributed by atoms with van der Waals surface area (Å²) in [5.41, 5.74) is 0.940. The molecule has 0 N–H and O–H groups in total. The molecule has 2 aromatic heterocycles. The molecule has 8 nitrogen and oxygen atoms in total. The van der Waals surface area contributed by atoms with E-state index in [9.17, 15) is 9.59 Å². The number of carbonyl (C=O) groups excluding carboxylic acids is 1. The largest absolute Gasteiger partial charge is 0.360 e. The molecule has 1 amide bonds. The Labute approximate surface area is 133 Å². The molecule has 0 aliphatic carbocycles. The Morgan fingerprint density at radius 1 is 1.26 bits per heavy atom. The van der Waals surface area contributed by atoms with Crippen molar-refractivity contribution in [1.29, 1.82) is 0 Å². The average molecular weight is 317 g/mol. The van der Waals surface area contributed by atoms with E-state index >= 15 is 0 Å². The van der Waals surface area contributed by atoms with Crippen LogP contribution in [0.1, 0.15) is 21.9 Å². The predicted octanol–water partition coefficient (Wildman–Crippen LogP) is 0.0347. The highest BCUT2D eigenvalue weighted by atomic mass is 16.5. The van der Waals surface area contributed by atoms with Crippen molar-refractivity contribution in [2.75, 3.05) is 26.2 Å². The zero-order chi connectivity index (χ0) is 16.4. The van der Waals surface area contributed by atoms with Crippen LogP contribution in [0.2, 0.25) is 0 Å². The van der Waals surface area contributed by atoms with Gasteiger partial charge in [0.25, 0.3) is 11.5 Å². The predicted molar refractivity (Wildman–Crippen MR) is 81.9 cm³/mol. The van der Waals surface area contributed by atoms with Crippen molar-refractivity contribution in [1.82, 2.24) is 24.7 Å². The summed E-state index contributed by atoms with van der Waals surface area (Å²) in [4.78, 5) is 27.8. The summed E-state index contributed by atoms with van der Waals surface area (Å²) in [7, 11) is 1.54. The number of aromatic nitrogens is 3. The van der Waals surface area contributed by atoms with Gasteiger partial charge in [0.1, 0.15) is 5.69 Å². The second-order valence-electron chi connectivity index (χ2n) is 5.68. The minimum atomic E-state index is -0.228. The molecule has 2 aromatic rings. The second kappa shape index (κ2) is 6.33. The van der Waals surface area contributed by atoms with E-state index in [1.54, 1.807) is 4.90 Å². The number of hydrogen-bond donors (Lipinski definition) is 0. The van der Waals surface area contributed by atoms with Crippen LogP contribution in [0.5, 0.6) is 0 Å². The molecule has 0 radical (unpaired) electrons. The van der Waals surface area contributed by atoms with Gasteiger partial charge >= 0.3 is 0 Å². The van der Waals surface area contributed by atoms with Crippen molar-refractivity contribution in [3.63, 3.8) is 0 Å². The van der Waals surface area contributed by atoms with Gasteiger partial charge in [-0.1, -0.05) is 5.16 Å². The molecule has 3 heterocycles. The molecule has 23 heavy (non-hydrogen) atoms. The number of hydrogen-bond acceptors (Lipinski definition) is 6. The number of amides is 1. The summed E-state index contributed by atoms with van der Waals surface area (Å²) in [6, 6.07) is 4.77. The fraction of sp³-hybridized carbons (Fsp3) is 0.467. The molecule has 122 valence electrons. The maximum Gasteiger partial charge on any atom is 0.274 e. The molecule has 1 saturated heterocycles. The van der Waals surface area contributed by atoms with E-state index < -0.39 is 0 Å². The number of rotatable bonds is 3. The summed E-state index contributed by atoms with van der Waals surface area (Å²) in [6.45, 7) is 5.35. The third-order valence-corrected chi connectivity index (χ3v) is 3.90. The maximum atomic E-state index is 12.4. The van der Waals surface area contributed by atoms with Crippen molar-refractivity contribution in [3.8, 4) is 0 Å². The summed E-state index contributed by atoms with van der Waals surface area (Å²) in [6.07, 6.45) is 0. The highest BCUT2D eigenvalue weighted by Crippen LogP contribution is 2.11. The summed E-state index contributed by atoms with van der Waals surface area (Å²) in [5, 5.41) is 7.89. The van der Waals surface area contributed by atoms with Gasteiger partial charge in [-0.05, 0) is 13.0 Å². The molecule has 1 fully saturated rings. The number of aryl methyl sites for hydroxylation is 2. The van der Waals surface area contributed by atoms with Gasteiger partial charge in [-0.3, -0.25) is 14.5 Å². The molecule has 1 aliphatic heterocycles. The second-order valence-corrected chi connectivity index (χ2v) is 5.68. The Morgan fingerprint density at radius 2 is 2.00 bits per heavy atom. The Kier molecular flexibility index (Phi) is 4.24. The number of carbonyl (C=O) groups is 1. The van der Waals surface area contributed by atoms with Gasteiger partial charge in [0.05, 0.1) is 12.2 Å². The minimum absolute atomic E-state index is 0.143. The molecule has 0 atom stereocenters. The Hall–Kier alpha value is -2.48. The normalized spacial score (nSPS) is 15.8. The van der Waals surface area contributed by atoms with Crippen LogP contribution in [-0.4, -0.2) is 56.8 Å². The van der Waals surface area contributed by atoms with E-state index in [0.29, 0.717) is 25.3 Å². The van der Waals surface area contributed by atoms with Crippen LogP contribution in [0.15, 0.2) is 27.5 Å². The molecule has 0 saturated carbocycles. The first-order valence-electron chi connectivity index (χ1n) is 7.51. The first-order chi connectivity index (χ1) is 11.0. The van der Waals surface area contributed by atoms with Gasteiger partial charge < -0.3 is 9.42 Å². The first-order valence-corrected chi connectivity index (χ1v) is 7.51. The lowest BCUT2D eigenvalue weighted by Gasteiger charge is -2.33. The topological polar surface area (TPSA) is 84.5 Å². The Bertz CT molecular complexity index is 758. The van der Waals surface area contributed by atoms with Gasteiger partial charge in [0, 0.05) is 45.4 Å². The molecule has 0 aromatic carbocycles. The highest BCUT2D eigenvalue weighted by Gasteiger charge is 2.24. The lowest BCUT2D eigenvalue weighted by Crippen LogP contribution is -2.48. The van der Waals surface area contributed by atoms with Crippen LogP contribution >= 0.6 is 0 Å². The van der Waals surface area contributed by atoms with Crippen molar-refractivity contribution in [2.24, 2.45) is 7.05 Å². The van der Waals surface area contributed by atoms with E-state index in [2.05, 4.69) is 15.2 Å². The van der Waals surface area contributed by atoms with Crippen LogP contribution in [0, 0.1) is 6.92 Å². The zero-order valence-electron chi connectivity index (χ0n) is 13.2. The molecule has 3 rings (SSSR count). The van der Waals surface area contributed by atoms with Gasteiger partial charge in [0.2, 0.25) is 0 Å². The molecule has 0 unspecified atom stereocenters. The summed E-state index contributed by atoms with van der Waals surface area (Å²) >= 11 is 0. The maximum absolute atomic E-state index is 12.4. The first kappa shape index (κ1) is 15.4. The van der Waals surface area contributed by atoms with E-state index in [1.165, 1.54) is 23.9 Å². The van der Waals surface area contributed by atoms with Crippen LogP contribution < -0.4 is 5.56 Å².